The molecule has 3 heterocycles. The van der Waals surface area contributed by atoms with E-state index in [1.165, 1.54) is 10.6 Å². The quantitative estimate of drug-likeness (QED) is 0.640. The van der Waals surface area contributed by atoms with E-state index in [0.717, 1.165) is 32.7 Å². The van der Waals surface area contributed by atoms with Crippen LogP contribution in [-0.2, 0) is 0 Å². The number of hydrogen-bond donors (Lipinski definition) is 2. The molecule has 0 aliphatic carbocycles. The van der Waals surface area contributed by atoms with E-state index in [-0.39, 0.29) is 16.2 Å². The monoisotopic (exact) mass is 448 g/mol. The Morgan fingerprint density at radius 3 is 2.67 bits per heavy atom. The molecule has 1 saturated heterocycles. The molecule has 0 saturated carbocycles. The number of piperazine rings is 1. The number of carbonyl (C=O) groups excluding carboxylic acids is 1. The van der Waals surface area contributed by atoms with Gasteiger partial charge in [-0.15, -0.1) is 0 Å². The van der Waals surface area contributed by atoms with Crippen molar-refractivity contribution in [2.75, 3.05) is 42.9 Å². The Kier molecular flexibility index (Phi) is 5.73. The van der Waals surface area contributed by atoms with E-state index >= 15 is 0 Å². The number of amides is 1. The lowest BCUT2D eigenvalue weighted by Crippen LogP contribution is -2.46. The summed E-state index contributed by atoms with van der Waals surface area (Å²) in [5.74, 6) is 0.153. The normalized spacial score (nSPS) is 15.0. The van der Waals surface area contributed by atoms with Crippen molar-refractivity contribution in [1.29, 1.82) is 0 Å². The smallest absolute Gasteiger partial charge is 0.272 e. The number of benzene rings is 1. The van der Waals surface area contributed by atoms with Crippen LogP contribution in [-0.4, -0.2) is 58.1 Å². The van der Waals surface area contributed by atoms with Crippen molar-refractivity contribution in [3.05, 3.63) is 55.9 Å². The maximum absolute atomic E-state index is 13.3. The van der Waals surface area contributed by atoms with E-state index in [0.29, 0.717) is 27.8 Å². The number of aromatic nitrogens is 3. The molecule has 1 aromatic carbocycles. The predicted molar refractivity (Wildman–Crippen MR) is 119 cm³/mol. The van der Waals surface area contributed by atoms with Gasteiger partial charge in [-0.3, -0.25) is 14.7 Å². The SMILES string of the molecule is CCN1CCN(c2[nH]n3c(=O)cc(C)nc3c2C(=O)Nc2cccc(Cl)c2Cl)CC1. The van der Waals surface area contributed by atoms with E-state index in [4.69, 9.17) is 23.2 Å². The molecule has 3 aromatic rings. The Morgan fingerprint density at radius 1 is 1.23 bits per heavy atom. The highest BCUT2D eigenvalue weighted by atomic mass is 35.5. The lowest BCUT2D eigenvalue weighted by Gasteiger charge is -2.34. The van der Waals surface area contributed by atoms with E-state index in [2.05, 4.69) is 32.1 Å². The van der Waals surface area contributed by atoms with Crippen LogP contribution >= 0.6 is 23.2 Å². The Bertz CT molecular complexity index is 1160. The largest absolute Gasteiger partial charge is 0.354 e. The minimum absolute atomic E-state index is 0.256. The number of halogens is 2. The van der Waals surface area contributed by atoms with Crippen LogP contribution in [0.25, 0.3) is 5.65 Å². The van der Waals surface area contributed by atoms with Crippen molar-refractivity contribution in [2.24, 2.45) is 0 Å². The third-order valence-electron chi connectivity index (χ3n) is 5.29. The van der Waals surface area contributed by atoms with Gasteiger partial charge in [-0.2, -0.15) is 4.52 Å². The van der Waals surface area contributed by atoms with Gasteiger partial charge in [0.1, 0.15) is 11.4 Å². The van der Waals surface area contributed by atoms with E-state index < -0.39 is 5.91 Å². The van der Waals surface area contributed by atoms with E-state index in [1.54, 1.807) is 25.1 Å². The lowest BCUT2D eigenvalue weighted by molar-refractivity contribution is 0.102. The van der Waals surface area contributed by atoms with Gasteiger partial charge in [-0.1, -0.05) is 36.2 Å². The lowest BCUT2D eigenvalue weighted by atomic mass is 10.2. The zero-order valence-corrected chi connectivity index (χ0v) is 18.2. The minimum Gasteiger partial charge on any atom is -0.354 e. The van der Waals surface area contributed by atoms with Gasteiger partial charge in [0.15, 0.2) is 5.65 Å². The first-order valence-corrected chi connectivity index (χ1v) is 10.5. The highest BCUT2D eigenvalue weighted by Crippen LogP contribution is 2.31. The molecule has 30 heavy (non-hydrogen) atoms. The van der Waals surface area contributed by atoms with Gasteiger partial charge in [-0.25, -0.2) is 4.98 Å². The van der Waals surface area contributed by atoms with Crippen LogP contribution in [0.5, 0.6) is 0 Å². The second-order valence-corrected chi connectivity index (χ2v) is 7.99. The fourth-order valence-corrected chi connectivity index (χ4v) is 4.00. The Balaban J connectivity index is 1.79. The van der Waals surface area contributed by atoms with Gasteiger partial charge < -0.3 is 15.1 Å². The Labute approximate surface area is 183 Å². The van der Waals surface area contributed by atoms with Gasteiger partial charge in [0.05, 0.1) is 15.7 Å². The third kappa shape index (κ3) is 3.78. The number of aryl methyl sites for hydroxylation is 1. The number of anilines is 2. The Hall–Kier alpha value is -2.55. The molecule has 10 heteroatoms. The van der Waals surface area contributed by atoms with Crippen LogP contribution in [0.3, 0.4) is 0 Å². The molecule has 2 aromatic heterocycles. The number of fused-ring (bicyclic) bond motifs is 1. The van der Waals surface area contributed by atoms with Crippen LogP contribution in [0.15, 0.2) is 29.1 Å². The zero-order valence-electron chi connectivity index (χ0n) is 16.7. The summed E-state index contributed by atoms with van der Waals surface area (Å²) in [4.78, 5) is 34.7. The van der Waals surface area contributed by atoms with Crippen molar-refractivity contribution in [3.8, 4) is 0 Å². The molecular weight excluding hydrogens is 427 g/mol. The predicted octanol–water partition coefficient (Wildman–Crippen LogP) is 3.03. The first-order chi connectivity index (χ1) is 14.4. The summed E-state index contributed by atoms with van der Waals surface area (Å²) in [6.07, 6.45) is 0. The molecule has 1 aliphatic heterocycles. The third-order valence-corrected chi connectivity index (χ3v) is 6.11. The van der Waals surface area contributed by atoms with E-state index in [1.807, 2.05) is 0 Å². The second kappa shape index (κ2) is 8.29. The molecule has 1 fully saturated rings. The molecule has 0 atom stereocenters. The number of H-pyrrole nitrogens is 1. The molecule has 2 N–H and O–H groups in total. The molecule has 0 bridgehead atoms. The van der Waals surface area contributed by atoms with Crippen LogP contribution in [0.2, 0.25) is 10.0 Å². The number of nitrogens with one attached hydrogen (secondary N) is 2. The molecule has 1 amide bonds. The van der Waals surface area contributed by atoms with Crippen LogP contribution in [0.1, 0.15) is 23.0 Å². The highest BCUT2D eigenvalue weighted by Gasteiger charge is 2.27. The molecule has 0 radical (unpaired) electrons. The van der Waals surface area contributed by atoms with Crippen molar-refractivity contribution in [2.45, 2.75) is 13.8 Å². The number of likely N-dealkylation sites (N-methyl/N-ethyl adjacent to an activating group) is 1. The summed E-state index contributed by atoms with van der Waals surface area (Å²) in [6.45, 7) is 8.02. The number of rotatable bonds is 4. The van der Waals surface area contributed by atoms with Crippen LogP contribution in [0.4, 0.5) is 11.5 Å². The van der Waals surface area contributed by atoms with Gasteiger partial charge >= 0.3 is 0 Å². The van der Waals surface area contributed by atoms with Crippen molar-refractivity contribution >= 4 is 46.3 Å². The molecule has 0 unspecified atom stereocenters. The molecule has 158 valence electrons. The summed E-state index contributed by atoms with van der Waals surface area (Å²) in [7, 11) is 0. The van der Waals surface area contributed by atoms with Gasteiger partial charge in [0.25, 0.3) is 11.5 Å². The molecular formula is C20H22Cl2N6O2. The Morgan fingerprint density at radius 2 is 1.97 bits per heavy atom. The highest BCUT2D eigenvalue weighted by molar-refractivity contribution is 6.44. The summed E-state index contributed by atoms with van der Waals surface area (Å²) in [5.41, 5.74) is 1.24. The average Bonchev–Trinajstić information content (AvgIpc) is 3.11. The number of aromatic amines is 1. The molecule has 8 nitrogen and oxygen atoms in total. The number of carbonyl (C=O) groups is 1. The van der Waals surface area contributed by atoms with Crippen LogP contribution < -0.4 is 15.8 Å². The van der Waals surface area contributed by atoms with Gasteiger partial charge in [0.2, 0.25) is 0 Å². The maximum Gasteiger partial charge on any atom is 0.272 e. The zero-order chi connectivity index (χ0) is 21.4. The summed E-state index contributed by atoms with van der Waals surface area (Å²) < 4.78 is 1.31. The second-order valence-electron chi connectivity index (χ2n) is 7.21. The van der Waals surface area contributed by atoms with Crippen molar-refractivity contribution in [3.63, 3.8) is 0 Å². The average molecular weight is 449 g/mol. The van der Waals surface area contributed by atoms with Gasteiger partial charge in [-0.05, 0) is 25.6 Å². The first-order valence-electron chi connectivity index (χ1n) is 9.74. The fourth-order valence-electron chi connectivity index (χ4n) is 3.65. The standard InChI is InChI=1S/C20H22Cl2N6O2/c1-3-26-7-9-27(10-8-26)19-16(18-23-12(2)11-15(29)28(18)25-19)20(30)24-14-6-4-5-13(21)17(14)22/h4-6,11,25H,3,7-10H2,1-2H3,(H,24,30). The maximum atomic E-state index is 13.3. The molecule has 1 aliphatic rings. The summed E-state index contributed by atoms with van der Waals surface area (Å²) in [6, 6.07) is 6.45. The van der Waals surface area contributed by atoms with Crippen molar-refractivity contribution in [1.82, 2.24) is 19.5 Å². The van der Waals surface area contributed by atoms with Gasteiger partial charge in [0, 0.05) is 37.9 Å². The number of nitrogens with zero attached hydrogens (tertiary/aromatic N) is 4. The summed E-state index contributed by atoms with van der Waals surface area (Å²) >= 11 is 12.3. The molecule has 0 spiro atoms. The summed E-state index contributed by atoms with van der Waals surface area (Å²) in [5, 5.41) is 6.50. The van der Waals surface area contributed by atoms with Crippen molar-refractivity contribution < 1.29 is 4.79 Å². The van der Waals surface area contributed by atoms with E-state index in [9.17, 15) is 9.59 Å². The minimum atomic E-state index is -0.414. The topological polar surface area (TPSA) is 85.7 Å². The molecule has 4 rings (SSSR count). The first kappa shape index (κ1) is 20.7. The van der Waals surface area contributed by atoms with Crippen LogP contribution in [0, 0.1) is 6.92 Å². The number of hydrogen-bond acceptors (Lipinski definition) is 5. The fraction of sp³-hybridized carbons (Fsp3) is 0.350.